The highest BCUT2D eigenvalue weighted by Crippen LogP contribution is 2.38. The highest BCUT2D eigenvalue weighted by Gasteiger charge is 2.40. The number of nitrogens with one attached hydrogen (secondary N) is 1. The first-order valence-corrected chi connectivity index (χ1v) is 12.7. The van der Waals surface area contributed by atoms with E-state index in [9.17, 15) is 9.59 Å². The number of ether oxygens (including phenoxy) is 1. The van der Waals surface area contributed by atoms with Crippen LogP contribution in [0.2, 0.25) is 0 Å². The lowest BCUT2D eigenvalue weighted by molar-refractivity contribution is -0.142. The second-order valence-corrected chi connectivity index (χ2v) is 9.90. The summed E-state index contributed by atoms with van der Waals surface area (Å²) < 4.78 is 5.77. The summed E-state index contributed by atoms with van der Waals surface area (Å²) in [7, 11) is 0. The Kier molecular flexibility index (Phi) is 9.54. The van der Waals surface area contributed by atoms with Crippen LogP contribution < -0.4 is 5.32 Å². The fourth-order valence-corrected chi connectivity index (χ4v) is 4.02. The van der Waals surface area contributed by atoms with E-state index in [2.05, 4.69) is 26.4 Å². The lowest BCUT2D eigenvalue weighted by Crippen LogP contribution is -2.46. The van der Waals surface area contributed by atoms with Gasteiger partial charge in [-0.15, -0.1) is 12.3 Å². The molecule has 2 heterocycles. The molecule has 2 amide bonds. The van der Waals surface area contributed by atoms with E-state index >= 15 is 0 Å². The van der Waals surface area contributed by atoms with Gasteiger partial charge in [0.1, 0.15) is 6.04 Å². The number of carbonyl (C=O) groups excluding carboxylic acids is 2. The van der Waals surface area contributed by atoms with E-state index in [1.165, 1.54) is 0 Å². The van der Waals surface area contributed by atoms with Crippen LogP contribution in [0.5, 0.6) is 0 Å². The molecule has 8 nitrogen and oxygen atoms in total. The van der Waals surface area contributed by atoms with Crippen LogP contribution in [-0.4, -0.2) is 53.2 Å². The molecule has 1 aromatic carbocycles. The highest BCUT2D eigenvalue weighted by molar-refractivity contribution is 5.90. The van der Waals surface area contributed by atoms with Gasteiger partial charge >= 0.3 is 0 Å². The first kappa shape index (κ1) is 27.3. The lowest BCUT2D eigenvalue weighted by atomic mass is 9.99. The molecule has 0 fully saturated rings. The largest absolute Gasteiger partial charge is 0.377 e. The van der Waals surface area contributed by atoms with Crippen LogP contribution in [0.15, 0.2) is 46.8 Å². The molecule has 8 heteroatoms. The van der Waals surface area contributed by atoms with Gasteiger partial charge in [-0.3, -0.25) is 14.6 Å². The number of hydrogen-bond donors (Lipinski definition) is 1. The second kappa shape index (κ2) is 12.6. The van der Waals surface area contributed by atoms with Crippen molar-refractivity contribution in [1.82, 2.24) is 15.2 Å². The maximum atomic E-state index is 13.6. The number of pyridine rings is 1. The minimum atomic E-state index is -0.834. The van der Waals surface area contributed by atoms with Gasteiger partial charge in [0, 0.05) is 55.9 Å². The van der Waals surface area contributed by atoms with E-state index < -0.39 is 11.7 Å². The Labute approximate surface area is 213 Å². The molecule has 1 aliphatic rings. The minimum absolute atomic E-state index is 0.00796. The predicted octanol–water partition coefficient (Wildman–Crippen LogP) is 4.66. The number of benzene rings is 1. The van der Waals surface area contributed by atoms with Crippen molar-refractivity contribution in [2.24, 2.45) is 16.1 Å². The van der Waals surface area contributed by atoms with Crippen LogP contribution in [0.3, 0.4) is 0 Å². The average Bonchev–Trinajstić information content (AvgIpc) is 3.64. The summed E-state index contributed by atoms with van der Waals surface area (Å²) in [5.41, 5.74) is 0.925. The second-order valence-electron chi connectivity index (χ2n) is 9.90. The number of aromatic nitrogens is 1. The number of carbonyl (C=O) groups is 2. The zero-order valence-corrected chi connectivity index (χ0v) is 21.7. The van der Waals surface area contributed by atoms with E-state index in [1.807, 2.05) is 58.0 Å². The standard InChI is InChI=1S/C28H37N5O3/c1-6-7-13-28(31-32-28)14-12-25(34)33(15-16-36-21(4)5)26(27(35)30-18-20(2)3)23-17-22-10-8-9-11-24(22)29-19-23/h1,8-11,17,19-21,26H,7,12-16,18H2,2-5H3,(H,30,35). The van der Waals surface area contributed by atoms with Crippen LogP contribution in [0.25, 0.3) is 10.9 Å². The van der Waals surface area contributed by atoms with Gasteiger partial charge < -0.3 is 15.0 Å². The van der Waals surface area contributed by atoms with Crippen molar-refractivity contribution in [3.8, 4) is 12.3 Å². The van der Waals surface area contributed by atoms with E-state index in [0.717, 1.165) is 10.9 Å². The van der Waals surface area contributed by atoms with Gasteiger partial charge in [-0.25, -0.2) is 0 Å². The maximum absolute atomic E-state index is 13.6. The number of rotatable bonds is 14. The van der Waals surface area contributed by atoms with E-state index in [4.69, 9.17) is 11.2 Å². The number of terminal acetylenes is 1. The molecular weight excluding hydrogens is 454 g/mol. The van der Waals surface area contributed by atoms with Gasteiger partial charge in [0.05, 0.1) is 18.2 Å². The van der Waals surface area contributed by atoms with Crippen LogP contribution in [0.1, 0.15) is 65.0 Å². The van der Waals surface area contributed by atoms with Gasteiger partial charge in [0.15, 0.2) is 5.66 Å². The van der Waals surface area contributed by atoms with Gasteiger partial charge in [-0.2, -0.15) is 10.2 Å². The SMILES string of the molecule is C#CCCC1(CCC(=O)N(CCOC(C)C)C(C(=O)NCC(C)C)c2cnc3ccccc3c2)N=N1. The summed E-state index contributed by atoms with van der Waals surface area (Å²) in [6.07, 6.45) is 8.94. The van der Waals surface area contributed by atoms with Crippen LogP contribution >= 0.6 is 0 Å². The van der Waals surface area contributed by atoms with E-state index in [1.54, 1.807) is 11.1 Å². The fourth-order valence-electron chi connectivity index (χ4n) is 4.02. The molecule has 1 N–H and O–H groups in total. The highest BCUT2D eigenvalue weighted by atomic mass is 16.5. The third-order valence-corrected chi connectivity index (χ3v) is 6.07. The molecule has 0 radical (unpaired) electrons. The zero-order chi connectivity index (χ0) is 26.1. The molecule has 1 aromatic heterocycles. The molecule has 192 valence electrons. The molecule has 0 saturated carbocycles. The Hall–Kier alpha value is -3.31. The fraction of sp³-hybridized carbons (Fsp3) is 0.536. The van der Waals surface area contributed by atoms with Gasteiger partial charge in [-0.1, -0.05) is 32.0 Å². The third kappa shape index (κ3) is 7.59. The van der Waals surface area contributed by atoms with E-state index in [0.29, 0.717) is 38.0 Å². The monoisotopic (exact) mass is 491 g/mol. The lowest BCUT2D eigenvalue weighted by Gasteiger charge is -2.32. The van der Waals surface area contributed by atoms with Crippen molar-refractivity contribution in [3.05, 3.63) is 42.1 Å². The zero-order valence-electron chi connectivity index (χ0n) is 21.7. The Morgan fingerprint density at radius 1 is 1.17 bits per heavy atom. The average molecular weight is 492 g/mol. The Morgan fingerprint density at radius 3 is 2.58 bits per heavy atom. The van der Waals surface area contributed by atoms with Gasteiger partial charge in [0.2, 0.25) is 11.8 Å². The van der Waals surface area contributed by atoms with Crippen LogP contribution in [-0.2, 0) is 14.3 Å². The Morgan fingerprint density at radius 2 is 1.92 bits per heavy atom. The topological polar surface area (TPSA) is 96.2 Å². The molecular formula is C28H37N5O3. The predicted molar refractivity (Wildman–Crippen MR) is 140 cm³/mol. The van der Waals surface area contributed by atoms with Crippen molar-refractivity contribution in [1.29, 1.82) is 0 Å². The third-order valence-electron chi connectivity index (χ3n) is 6.07. The molecule has 0 bridgehead atoms. The molecule has 1 unspecified atom stereocenters. The molecule has 0 saturated heterocycles. The molecule has 2 aromatic rings. The van der Waals surface area contributed by atoms with Crippen molar-refractivity contribution in [3.63, 3.8) is 0 Å². The van der Waals surface area contributed by atoms with Crippen LogP contribution in [0, 0.1) is 18.3 Å². The van der Waals surface area contributed by atoms with Crippen molar-refractivity contribution >= 4 is 22.7 Å². The number of fused-ring (bicyclic) bond motifs is 1. The number of para-hydroxylation sites is 1. The number of hydrogen-bond acceptors (Lipinski definition) is 6. The quantitative estimate of drug-likeness (QED) is 0.389. The number of amides is 2. The van der Waals surface area contributed by atoms with Crippen molar-refractivity contribution in [2.45, 2.75) is 71.2 Å². The van der Waals surface area contributed by atoms with Crippen molar-refractivity contribution < 1.29 is 14.3 Å². The summed E-state index contributed by atoms with van der Waals surface area (Å²) in [4.78, 5) is 33.4. The summed E-state index contributed by atoms with van der Waals surface area (Å²) in [6, 6.07) is 8.83. The summed E-state index contributed by atoms with van der Waals surface area (Å²) in [5, 5.41) is 12.2. The molecule has 1 atom stereocenters. The summed E-state index contributed by atoms with van der Waals surface area (Å²) >= 11 is 0. The first-order valence-electron chi connectivity index (χ1n) is 12.7. The van der Waals surface area contributed by atoms with Crippen molar-refractivity contribution in [2.75, 3.05) is 19.7 Å². The number of nitrogens with zero attached hydrogens (tertiary/aromatic N) is 4. The molecule has 0 spiro atoms. The summed E-state index contributed by atoms with van der Waals surface area (Å²) in [5.74, 6) is 2.49. The normalized spacial score (nSPS) is 14.6. The van der Waals surface area contributed by atoms with Crippen LogP contribution in [0.4, 0.5) is 0 Å². The molecule has 3 rings (SSSR count). The Balaban J connectivity index is 1.90. The Bertz CT molecular complexity index is 1120. The smallest absolute Gasteiger partial charge is 0.247 e. The molecule has 36 heavy (non-hydrogen) atoms. The molecule has 0 aliphatic carbocycles. The minimum Gasteiger partial charge on any atom is -0.377 e. The van der Waals surface area contributed by atoms with E-state index in [-0.39, 0.29) is 36.8 Å². The maximum Gasteiger partial charge on any atom is 0.247 e. The summed E-state index contributed by atoms with van der Waals surface area (Å²) in [6.45, 7) is 9.04. The molecule has 1 aliphatic heterocycles. The van der Waals surface area contributed by atoms with Gasteiger partial charge in [0.25, 0.3) is 0 Å². The van der Waals surface area contributed by atoms with Gasteiger partial charge in [-0.05, 0) is 31.9 Å². The first-order chi connectivity index (χ1) is 17.2.